The molecule has 2 atom stereocenters. The van der Waals surface area contributed by atoms with Crippen molar-refractivity contribution in [2.45, 2.75) is 39.3 Å². The lowest BCUT2D eigenvalue weighted by atomic mass is 9.99. The third kappa shape index (κ3) is 3.61. The van der Waals surface area contributed by atoms with Gasteiger partial charge >= 0.3 is 0 Å². The number of aryl methyl sites for hydroxylation is 1. The standard InChI is InChI=1S/C12H23N3O/c1-9(2)12(5-6-16)14-10(3)11-7-13-15(4)8-11/h7-10,12,14,16H,5-6H2,1-4H3. The van der Waals surface area contributed by atoms with E-state index in [9.17, 15) is 0 Å². The molecule has 0 bridgehead atoms. The number of hydrogen-bond donors (Lipinski definition) is 2. The highest BCUT2D eigenvalue weighted by molar-refractivity contribution is 5.09. The minimum atomic E-state index is 0.232. The second kappa shape index (κ2) is 6.01. The smallest absolute Gasteiger partial charge is 0.0537 e. The summed E-state index contributed by atoms with van der Waals surface area (Å²) in [5.41, 5.74) is 1.19. The van der Waals surface area contributed by atoms with E-state index in [2.05, 4.69) is 31.2 Å². The first-order valence-corrected chi connectivity index (χ1v) is 5.90. The first-order chi connectivity index (χ1) is 7.54. The van der Waals surface area contributed by atoms with Crippen LogP contribution in [0.4, 0.5) is 0 Å². The lowest BCUT2D eigenvalue weighted by molar-refractivity contribution is 0.237. The lowest BCUT2D eigenvalue weighted by Crippen LogP contribution is -2.36. The number of hydrogen-bond acceptors (Lipinski definition) is 3. The fraction of sp³-hybridized carbons (Fsp3) is 0.750. The van der Waals surface area contributed by atoms with Gasteiger partial charge in [-0.3, -0.25) is 4.68 Å². The molecule has 0 aromatic carbocycles. The summed E-state index contributed by atoms with van der Waals surface area (Å²) in [5.74, 6) is 0.520. The average Bonchev–Trinajstić information content (AvgIpc) is 2.64. The van der Waals surface area contributed by atoms with Crippen molar-refractivity contribution in [3.05, 3.63) is 18.0 Å². The molecule has 4 heteroatoms. The zero-order chi connectivity index (χ0) is 12.1. The molecule has 1 heterocycles. The first-order valence-electron chi connectivity index (χ1n) is 5.90. The van der Waals surface area contributed by atoms with Gasteiger partial charge in [-0.2, -0.15) is 5.10 Å². The van der Waals surface area contributed by atoms with Gasteiger partial charge in [0.05, 0.1) is 6.20 Å². The molecule has 16 heavy (non-hydrogen) atoms. The van der Waals surface area contributed by atoms with E-state index in [0.717, 1.165) is 6.42 Å². The molecule has 0 aliphatic heterocycles. The summed E-state index contributed by atoms with van der Waals surface area (Å²) >= 11 is 0. The maximum absolute atomic E-state index is 9.02. The first kappa shape index (κ1) is 13.2. The Hall–Kier alpha value is -0.870. The highest BCUT2D eigenvalue weighted by Gasteiger charge is 2.16. The largest absolute Gasteiger partial charge is 0.396 e. The third-order valence-electron chi connectivity index (χ3n) is 2.93. The van der Waals surface area contributed by atoms with Crippen LogP contribution in [0.1, 0.15) is 38.8 Å². The van der Waals surface area contributed by atoms with Gasteiger partial charge in [-0.1, -0.05) is 13.8 Å². The van der Waals surface area contributed by atoms with E-state index in [1.165, 1.54) is 5.56 Å². The Morgan fingerprint density at radius 1 is 1.44 bits per heavy atom. The molecule has 1 aromatic rings. The molecular formula is C12H23N3O. The van der Waals surface area contributed by atoms with Crippen LogP contribution in [-0.2, 0) is 7.05 Å². The summed E-state index contributed by atoms with van der Waals surface area (Å²) in [6, 6.07) is 0.618. The van der Waals surface area contributed by atoms with Crippen molar-refractivity contribution in [1.29, 1.82) is 0 Å². The van der Waals surface area contributed by atoms with Crippen molar-refractivity contribution in [3.8, 4) is 0 Å². The van der Waals surface area contributed by atoms with Crippen LogP contribution in [0.2, 0.25) is 0 Å². The molecule has 0 fully saturated rings. The molecule has 0 amide bonds. The predicted octanol–water partition coefficient (Wildman–Crippen LogP) is 1.48. The molecule has 0 saturated heterocycles. The number of aliphatic hydroxyl groups excluding tert-OH is 1. The Morgan fingerprint density at radius 3 is 2.56 bits per heavy atom. The van der Waals surface area contributed by atoms with Crippen molar-refractivity contribution >= 4 is 0 Å². The SMILES string of the molecule is CC(NC(CCO)C(C)C)c1cnn(C)c1. The minimum Gasteiger partial charge on any atom is -0.396 e. The molecule has 4 nitrogen and oxygen atoms in total. The van der Waals surface area contributed by atoms with Gasteiger partial charge in [0.25, 0.3) is 0 Å². The van der Waals surface area contributed by atoms with E-state index in [1.54, 1.807) is 0 Å². The van der Waals surface area contributed by atoms with Gasteiger partial charge in [0.15, 0.2) is 0 Å². The molecule has 0 aliphatic rings. The van der Waals surface area contributed by atoms with E-state index in [-0.39, 0.29) is 12.6 Å². The van der Waals surface area contributed by atoms with Crippen molar-refractivity contribution in [2.75, 3.05) is 6.61 Å². The van der Waals surface area contributed by atoms with Crippen LogP contribution in [0.25, 0.3) is 0 Å². The van der Waals surface area contributed by atoms with Crippen molar-refractivity contribution in [1.82, 2.24) is 15.1 Å². The highest BCUT2D eigenvalue weighted by Crippen LogP contribution is 2.15. The Kier molecular flexibility index (Phi) is 4.96. The number of aromatic nitrogens is 2. The molecule has 2 N–H and O–H groups in total. The van der Waals surface area contributed by atoms with Gasteiger partial charge in [-0.25, -0.2) is 0 Å². The van der Waals surface area contributed by atoms with E-state index in [4.69, 9.17) is 5.11 Å². The van der Waals surface area contributed by atoms with Gasteiger partial charge in [-0.15, -0.1) is 0 Å². The van der Waals surface area contributed by atoms with Crippen molar-refractivity contribution in [3.63, 3.8) is 0 Å². The highest BCUT2D eigenvalue weighted by atomic mass is 16.3. The van der Waals surface area contributed by atoms with Crippen LogP contribution < -0.4 is 5.32 Å². The fourth-order valence-electron chi connectivity index (χ4n) is 1.83. The molecular weight excluding hydrogens is 202 g/mol. The van der Waals surface area contributed by atoms with Gasteiger partial charge < -0.3 is 10.4 Å². The summed E-state index contributed by atoms with van der Waals surface area (Å²) in [6.07, 6.45) is 4.70. The number of aliphatic hydroxyl groups is 1. The average molecular weight is 225 g/mol. The third-order valence-corrected chi connectivity index (χ3v) is 2.93. The number of nitrogens with one attached hydrogen (secondary N) is 1. The zero-order valence-electron chi connectivity index (χ0n) is 10.6. The number of nitrogens with zero attached hydrogens (tertiary/aromatic N) is 2. The predicted molar refractivity (Wildman–Crippen MR) is 65.1 cm³/mol. The molecule has 0 spiro atoms. The summed E-state index contributed by atoms with van der Waals surface area (Å²) in [4.78, 5) is 0. The van der Waals surface area contributed by atoms with E-state index < -0.39 is 0 Å². The van der Waals surface area contributed by atoms with Crippen LogP contribution in [0.15, 0.2) is 12.4 Å². The molecule has 92 valence electrons. The van der Waals surface area contributed by atoms with Crippen LogP contribution in [0.5, 0.6) is 0 Å². The quantitative estimate of drug-likeness (QED) is 0.771. The Labute approximate surface area is 97.7 Å². The van der Waals surface area contributed by atoms with E-state index in [1.807, 2.05) is 24.1 Å². The second-order valence-electron chi connectivity index (χ2n) is 4.70. The van der Waals surface area contributed by atoms with Crippen molar-refractivity contribution < 1.29 is 5.11 Å². The monoisotopic (exact) mass is 225 g/mol. The van der Waals surface area contributed by atoms with Crippen LogP contribution >= 0.6 is 0 Å². The second-order valence-corrected chi connectivity index (χ2v) is 4.70. The Morgan fingerprint density at radius 2 is 2.12 bits per heavy atom. The van der Waals surface area contributed by atoms with Crippen molar-refractivity contribution in [2.24, 2.45) is 13.0 Å². The van der Waals surface area contributed by atoms with Gasteiger partial charge in [0.1, 0.15) is 0 Å². The topological polar surface area (TPSA) is 50.1 Å². The molecule has 0 saturated carbocycles. The zero-order valence-corrected chi connectivity index (χ0v) is 10.6. The number of rotatable bonds is 6. The summed E-state index contributed by atoms with van der Waals surface area (Å²) in [5, 5.41) is 16.7. The van der Waals surface area contributed by atoms with Crippen LogP contribution in [0.3, 0.4) is 0 Å². The molecule has 1 rings (SSSR count). The Balaban J connectivity index is 2.57. The van der Waals surface area contributed by atoms with E-state index in [0.29, 0.717) is 12.0 Å². The summed E-state index contributed by atoms with van der Waals surface area (Å²) < 4.78 is 1.81. The molecule has 2 unspecified atom stereocenters. The maximum atomic E-state index is 9.02. The minimum absolute atomic E-state index is 0.232. The molecule has 0 radical (unpaired) electrons. The Bertz CT molecular complexity index is 309. The van der Waals surface area contributed by atoms with Gasteiger partial charge in [-0.05, 0) is 19.3 Å². The van der Waals surface area contributed by atoms with Crippen LogP contribution in [-0.4, -0.2) is 27.5 Å². The fourth-order valence-corrected chi connectivity index (χ4v) is 1.83. The van der Waals surface area contributed by atoms with Gasteiger partial charge in [0.2, 0.25) is 0 Å². The van der Waals surface area contributed by atoms with E-state index >= 15 is 0 Å². The normalized spacial score (nSPS) is 15.4. The van der Waals surface area contributed by atoms with Gasteiger partial charge in [0, 0.05) is 37.5 Å². The summed E-state index contributed by atoms with van der Waals surface area (Å²) in [6.45, 7) is 6.70. The lowest BCUT2D eigenvalue weighted by Gasteiger charge is -2.25. The van der Waals surface area contributed by atoms with Crippen LogP contribution in [0, 0.1) is 5.92 Å². The maximum Gasteiger partial charge on any atom is 0.0537 e. The molecule has 0 aliphatic carbocycles. The molecule has 1 aromatic heterocycles. The summed E-state index contributed by atoms with van der Waals surface area (Å²) in [7, 11) is 1.92.